The average molecular weight is 248 g/mol. The summed E-state index contributed by atoms with van der Waals surface area (Å²) in [4.78, 5) is 8.55. The van der Waals surface area contributed by atoms with Crippen molar-refractivity contribution in [2.75, 3.05) is 11.5 Å². The molecule has 3 heterocycles. The molecule has 1 atom stereocenters. The van der Waals surface area contributed by atoms with Crippen LogP contribution >= 0.6 is 11.8 Å². The molecule has 1 saturated heterocycles. The minimum absolute atomic E-state index is 0.369. The number of anilines is 1. The first-order valence-corrected chi connectivity index (χ1v) is 6.56. The summed E-state index contributed by atoms with van der Waals surface area (Å²) < 4.78 is 5.23. The van der Waals surface area contributed by atoms with Crippen LogP contribution in [0.1, 0.15) is 23.9 Å². The fourth-order valence-corrected chi connectivity index (χ4v) is 3.02. The quantitative estimate of drug-likeness (QED) is 0.878. The normalized spacial score (nSPS) is 19.6. The zero-order valence-electron chi connectivity index (χ0n) is 9.17. The zero-order chi connectivity index (χ0) is 11.7. The van der Waals surface area contributed by atoms with E-state index in [9.17, 15) is 0 Å². The standard InChI is InChI=1S/C11H12N4OS/c12-9-5-1-3-7(13-9)11-14-10(15-16-11)8-4-2-6-17-8/h1,3,5,8H,2,4,6H2,(H2,12,13). The Morgan fingerprint density at radius 2 is 2.29 bits per heavy atom. The maximum absolute atomic E-state index is 5.62. The van der Waals surface area contributed by atoms with Gasteiger partial charge in [-0.1, -0.05) is 11.2 Å². The van der Waals surface area contributed by atoms with Gasteiger partial charge in [0, 0.05) is 0 Å². The van der Waals surface area contributed by atoms with Gasteiger partial charge in [0.1, 0.15) is 11.5 Å². The lowest BCUT2D eigenvalue weighted by atomic mass is 10.2. The number of aromatic nitrogens is 3. The van der Waals surface area contributed by atoms with Gasteiger partial charge in [-0.2, -0.15) is 16.7 Å². The molecule has 6 heteroatoms. The second-order valence-electron chi connectivity index (χ2n) is 3.91. The van der Waals surface area contributed by atoms with Crippen molar-refractivity contribution in [3.05, 3.63) is 24.0 Å². The van der Waals surface area contributed by atoms with Gasteiger partial charge >= 0.3 is 0 Å². The van der Waals surface area contributed by atoms with Crippen LogP contribution in [0.15, 0.2) is 22.7 Å². The Kier molecular flexibility index (Phi) is 2.72. The Morgan fingerprint density at radius 3 is 3.06 bits per heavy atom. The first-order valence-electron chi connectivity index (χ1n) is 5.51. The van der Waals surface area contributed by atoms with E-state index in [0.29, 0.717) is 22.7 Å². The second kappa shape index (κ2) is 4.37. The third kappa shape index (κ3) is 2.12. The molecule has 3 rings (SSSR count). The molecule has 2 aromatic heterocycles. The summed E-state index contributed by atoms with van der Waals surface area (Å²) >= 11 is 1.88. The summed E-state index contributed by atoms with van der Waals surface area (Å²) in [5.41, 5.74) is 6.25. The Morgan fingerprint density at radius 1 is 1.35 bits per heavy atom. The molecule has 0 aromatic carbocycles. The smallest absolute Gasteiger partial charge is 0.276 e. The molecule has 1 aliphatic rings. The molecule has 17 heavy (non-hydrogen) atoms. The highest BCUT2D eigenvalue weighted by Gasteiger charge is 2.23. The molecule has 2 N–H and O–H groups in total. The highest BCUT2D eigenvalue weighted by Crippen LogP contribution is 2.38. The number of pyridine rings is 1. The van der Waals surface area contributed by atoms with Crippen LogP contribution < -0.4 is 5.73 Å². The monoisotopic (exact) mass is 248 g/mol. The van der Waals surface area contributed by atoms with Gasteiger partial charge in [0.05, 0.1) is 5.25 Å². The second-order valence-corrected chi connectivity index (χ2v) is 5.22. The highest BCUT2D eigenvalue weighted by atomic mass is 32.2. The lowest BCUT2D eigenvalue weighted by Crippen LogP contribution is -1.93. The van der Waals surface area contributed by atoms with Crippen molar-refractivity contribution in [2.24, 2.45) is 0 Å². The third-order valence-electron chi connectivity index (χ3n) is 2.65. The number of hydrogen-bond donors (Lipinski definition) is 1. The number of nitrogens with zero attached hydrogens (tertiary/aromatic N) is 3. The van der Waals surface area contributed by atoms with E-state index in [1.165, 1.54) is 12.2 Å². The minimum Gasteiger partial charge on any atom is -0.384 e. The molecule has 0 saturated carbocycles. The molecule has 1 unspecified atom stereocenters. The van der Waals surface area contributed by atoms with Gasteiger partial charge < -0.3 is 10.3 Å². The molecule has 2 aromatic rings. The van der Waals surface area contributed by atoms with Crippen LogP contribution in [0.5, 0.6) is 0 Å². The van der Waals surface area contributed by atoms with E-state index in [2.05, 4.69) is 15.1 Å². The van der Waals surface area contributed by atoms with Gasteiger partial charge in [-0.25, -0.2) is 4.98 Å². The number of nitrogens with two attached hydrogens (primary N) is 1. The molecule has 1 fully saturated rings. The lowest BCUT2D eigenvalue weighted by molar-refractivity contribution is 0.420. The van der Waals surface area contributed by atoms with E-state index in [-0.39, 0.29) is 0 Å². The summed E-state index contributed by atoms with van der Waals surface area (Å²) in [5.74, 6) is 2.84. The Balaban J connectivity index is 1.89. The Hall–Kier alpha value is -1.56. The van der Waals surface area contributed by atoms with Crippen LogP contribution in [0, 0.1) is 0 Å². The van der Waals surface area contributed by atoms with Crippen LogP contribution in [-0.4, -0.2) is 20.9 Å². The first-order chi connectivity index (χ1) is 8.33. The molecule has 88 valence electrons. The van der Waals surface area contributed by atoms with Crippen molar-refractivity contribution >= 4 is 17.6 Å². The van der Waals surface area contributed by atoms with Crippen LogP contribution in [0.25, 0.3) is 11.6 Å². The molecule has 0 spiro atoms. The maximum atomic E-state index is 5.62. The van der Waals surface area contributed by atoms with E-state index in [0.717, 1.165) is 12.2 Å². The molecule has 0 aliphatic carbocycles. The summed E-state index contributed by atoms with van der Waals surface area (Å²) in [6.07, 6.45) is 2.34. The van der Waals surface area contributed by atoms with Crippen LogP contribution in [0.3, 0.4) is 0 Å². The van der Waals surface area contributed by atoms with Gasteiger partial charge in [0.2, 0.25) is 0 Å². The Labute approximate surface area is 103 Å². The number of thioether (sulfide) groups is 1. The molecule has 0 radical (unpaired) electrons. The lowest BCUT2D eigenvalue weighted by Gasteiger charge is -1.99. The van der Waals surface area contributed by atoms with Gasteiger partial charge in [-0.05, 0) is 30.7 Å². The molecule has 1 aliphatic heterocycles. The minimum atomic E-state index is 0.369. The van der Waals surface area contributed by atoms with Crippen LogP contribution in [-0.2, 0) is 0 Å². The summed E-state index contributed by atoms with van der Waals surface area (Å²) in [5, 5.41) is 4.39. The topological polar surface area (TPSA) is 77.8 Å². The van der Waals surface area contributed by atoms with Crippen molar-refractivity contribution in [3.8, 4) is 11.6 Å². The van der Waals surface area contributed by atoms with Gasteiger partial charge in [0.15, 0.2) is 5.82 Å². The van der Waals surface area contributed by atoms with E-state index >= 15 is 0 Å². The Bertz CT molecular complexity index is 522. The van der Waals surface area contributed by atoms with Gasteiger partial charge in [-0.3, -0.25) is 0 Å². The maximum Gasteiger partial charge on any atom is 0.276 e. The van der Waals surface area contributed by atoms with Crippen molar-refractivity contribution in [3.63, 3.8) is 0 Å². The summed E-state index contributed by atoms with van der Waals surface area (Å²) in [6.45, 7) is 0. The molecule has 5 nitrogen and oxygen atoms in total. The predicted octanol–water partition coefficient (Wildman–Crippen LogP) is 2.28. The van der Waals surface area contributed by atoms with Gasteiger partial charge in [-0.15, -0.1) is 0 Å². The fourth-order valence-electron chi connectivity index (χ4n) is 1.82. The van der Waals surface area contributed by atoms with Crippen molar-refractivity contribution in [1.29, 1.82) is 0 Å². The van der Waals surface area contributed by atoms with Crippen molar-refractivity contribution in [1.82, 2.24) is 15.1 Å². The summed E-state index contributed by atoms with van der Waals surface area (Å²) in [6, 6.07) is 5.37. The number of nitrogen functional groups attached to an aromatic ring is 1. The van der Waals surface area contributed by atoms with E-state index in [1.54, 1.807) is 6.07 Å². The molecule has 0 bridgehead atoms. The number of rotatable bonds is 2. The number of hydrogen-bond acceptors (Lipinski definition) is 6. The summed E-state index contributed by atoms with van der Waals surface area (Å²) in [7, 11) is 0. The van der Waals surface area contributed by atoms with Crippen LogP contribution in [0.4, 0.5) is 5.82 Å². The van der Waals surface area contributed by atoms with Crippen molar-refractivity contribution in [2.45, 2.75) is 18.1 Å². The predicted molar refractivity (Wildman–Crippen MR) is 66.4 cm³/mol. The zero-order valence-corrected chi connectivity index (χ0v) is 9.98. The van der Waals surface area contributed by atoms with E-state index in [1.807, 2.05) is 23.9 Å². The van der Waals surface area contributed by atoms with E-state index in [4.69, 9.17) is 10.3 Å². The fraction of sp³-hybridized carbons (Fsp3) is 0.364. The third-order valence-corrected chi connectivity index (χ3v) is 4.02. The largest absolute Gasteiger partial charge is 0.384 e. The molecular weight excluding hydrogens is 236 g/mol. The van der Waals surface area contributed by atoms with Gasteiger partial charge in [0.25, 0.3) is 5.89 Å². The van der Waals surface area contributed by atoms with Crippen molar-refractivity contribution < 1.29 is 4.52 Å². The van der Waals surface area contributed by atoms with E-state index < -0.39 is 0 Å². The molecule has 0 amide bonds. The molecular formula is C11H12N4OS. The average Bonchev–Trinajstić information content (AvgIpc) is 3.00. The van der Waals surface area contributed by atoms with Crippen LogP contribution in [0.2, 0.25) is 0 Å². The first kappa shape index (κ1) is 10.6. The highest BCUT2D eigenvalue weighted by molar-refractivity contribution is 7.99. The SMILES string of the molecule is Nc1cccc(-c2nc(C3CCCS3)no2)n1.